The van der Waals surface area contributed by atoms with Crippen molar-refractivity contribution in [1.29, 1.82) is 0 Å². The summed E-state index contributed by atoms with van der Waals surface area (Å²) in [6, 6.07) is 27.2. The average Bonchev–Trinajstić information content (AvgIpc) is 3.38. The highest BCUT2D eigenvalue weighted by Crippen LogP contribution is 2.33. The smallest absolute Gasteiger partial charge is 0.249 e. The summed E-state index contributed by atoms with van der Waals surface area (Å²) in [7, 11) is 3.95. The van der Waals surface area contributed by atoms with Crippen molar-refractivity contribution in [3.05, 3.63) is 119 Å². The molecule has 40 heavy (non-hydrogen) atoms. The van der Waals surface area contributed by atoms with Gasteiger partial charge in [0.1, 0.15) is 5.82 Å². The Balaban J connectivity index is 1.28. The van der Waals surface area contributed by atoms with Crippen LogP contribution >= 0.6 is 11.6 Å². The fourth-order valence-corrected chi connectivity index (χ4v) is 4.94. The second-order valence-corrected chi connectivity index (χ2v) is 10.1. The molecule has 0 fully saturated rings. The number of aromatic amines is 1. The number of nitrogens with one attached hydrogen (secondary N) is 3. The second kappa shape index (κ2) is 12.1. The van der Waals surface area contributed by atoms with E-state index in [-0.39, 0.29) is 6.04 Å². The van der Waals surface area contributed by atoms with Crippen LogP contribution in [-0.4, -0.2) is 41.4 Å². The second-order valence-electron chi connectivity index (χ2n) is 9.65. The molecule has 0 spiro atoms. The van der Waals surface area contributed by atoms with Crippen LogP contribution in [0.1, 0.15) is 22.0 Å². The maximum atomic E-state index is 11.9. The topological polar surface area (TPSA) is 99.1 Å². The van der Waals surface area contributed by atoms with Crippen LogP contribution in [-0.2, 0) is 0 Å². The van der Waals surface area contributed by atoms with E-state index in [4.69, 9.17) is 22.3 Å². The molecule has 0 bridgehead atoms. The number of halogens is 1. The summed E-state index contributed by atoms with van der Waals surface area (Å²) < 4.78 is 0. The number of nitrogens with zero attached hydrogens (tertiary/aromatic N) is 2. The number of amides is 1. The highest BCUT2D eigenvalue weighted by Gasteiger charge is 2.17. The molecule has 7 nitrogen and oxygen atoms in total. The Morgan fingerprint density at radius 3 is 2.62 bits per heavy atom. The van der Waals surface area contributed by atoms with E-state index < -0.39 is 5.91 Å². The van der Waals surface area contributed by atoms with Gasteiger partial charge in [-0.05, 0) is 62.1 Å². The quantitative estimate of drug-likeness (QED) is 0.140. The molecule has 0 aliphatic heterocycles. The van der Waals surface area contributed by atoms with Gasteiger partial charge < -0.3 is 21.4 Å². The van der Waals surface area contributed by atoms with Crippen LogP contribution in [0.15, 0.2) is 103 Å². The number of carbonyl (C=O) groups is 1. The number of pyridine rings is 1. The van der Waals surface area contributed by atoms with Crippen LogP contribution in [0.3, 0.4) is 0 Å². The van der Waals surface area contributed by atoms with Gasteiger partial charge in [-0.1, -0.05) is 66.2 Å². The number of H-pyrrole nitrogens is 1. The summed E-state index contributed by atoms with van der Waals surface area (Å²) in [5.74, 6) is 0.269. The highest BCUT2D eigenvalue weighted by molar-refractivity contribution is 6.33. The Labute approximate surface area is 238 Å². The Hall–Kier alpha value is -4.59. The molecule has 0 aliphatic rings. The third-order valence-electron chi connectivity index (χ3n) is 6.67. The molecule has 5 N–H and O–H groups in total. The monoisotopic (exact) mass is 550 g/mol. The number of para-hydroxylation sites is 1. The van der Waals surface area contributed by atoms with E-state index in [1.165, 1.54) is 0 Å². The molecule has 5 rings (SSSR count). The number of nitrogens with two attached hydrogens (primary N) is 1. The van der Waals surface area contributed by atoms with Gasteiger partial charge in [-0.25, -0.2) is 4.98 Å². The van der Waals surface area contributed by atoms with Gasteiger partial charge in [0.05, 0.1) is 16.8 Å². The number of rotatable bonds is 10. The van der Waals surface area contributed by atoms with E-state index in [1.54, 1.807) is 6.07 Å². The van der Waals surface area contributed by atoms with Gasteiger partial charge in [-0.15, -0.1) is 0 Å². The Kier molecular flexibility index (Phi) is 8.15. The first kappa shape index (κ1) is 27.0. The molecule has 0 radical (unpaired) electrons. The number of primary amides is 1. The number of carbonyl (C=O) groups excluding carboxylic acids is 1. The third-order valence-corrected chi connectivity index (χ3v) is 6.97. The van der Waals surface area contributed by atoms with Gasteiger partial charge >= 0.3 is 0 Å². The van der Waals surface area contributed by atoms with Crippen LogP contribution in [0.5, 0.6) is 0 Å². The van der Waals surface area contributed by atoms with Gasteiger partial charge in [0, 0.05) is 46.1 Å². The van der Waals surface area contributed by atoms with E-state index >= 15 is 0 Å². The molecule has 1 amide bonds. The zero-order valence-corrected chi connectivity index (χ0v) is 23.1. The number of fused-ring (bicyclic) bond motifs is 1. The first-order chi connectivity index (χ1) is 19.4. The highest BCUT2D eigenvalue weighted by atomic mass is 35.5. The lowest BCUT2D eigenvalue weighted by Crippen LogP contribution is -2.23. The lowest BCUT2D eigenvalue weighted by molar-refractivity contribution is 0.0998. The fraction of sp³-hybridized carbons (Fsp3) is 0.125. The molecule has 8 heteroatoms. The molecule has 0 aliphatic carbocycles. The number of hydrogen-bond donors (Lipinski definition) is 4. The molecule has 1 atom stereocenters. The van der Waals surface area contributed by atoms with E-state index in [1.807, 2.05) is 98.0 Å². The summed E-state index contributed by atoms with van der Waals surface area (Å²) >= 11 is 6.55. The minimum absolute atomic E-state index is 0.0826. The summed E-state index contributed by atoms with van der Waals surface area (Å²) in [5.41, 5.74) is 11.6. The van der Waals surface area contributed by atoms with Crippen molar-refractivity contribution >= 4 is 45.6 Å². The van der Waals surface area contributed by atoms with Crippen LogP contribution in [0.25, 0.3) is 22.2 Å². The molecule has 0 saturated carbocycles. The Morgan fingerprint density at radius 1 is 1.02 bits per heavy atom. The van der Waals surface area contributed by atoms with Crippen LogP contribution < -0.4 is 16.4 Å². The van der Waals surface area contributed by atoms with Gasteiger partial charge in [-0.3, -0.25) is 9.69 Å². The molecule has 0 saturated heterocycles. The molecular weight excluding hydrogens is 520 g/mol. The Bertz CT molecular complexity index is 1680. The first-order valence-electron chi connectivity index (χ1n) is 13.0. The average molecular weight is 551 g/mol. The lowest BCUT2D eigenvalue weighted by Gasteiger charge is -2.23. The molecule has 1 unspecified atom stereocenters. The van der Waals surface area contributed by atoms with E-state index in [0.29, 0.717) is 22.9 Å². The van der Waals surface area contributed by atoms with Crippen LogP contribution in [0.2, 0.25) is 5.02 Å². The SMILES string of the molecule is CN(C)C(/C=C/CNc1cccc(Nc2ccc(Cl)c(-c3c[nH]c4ccccc34)n2)c1)c1ccccc1C(N)=O. The maximum absolute atomic E-state index is 11.9. The predicted octanol–water partition coefficient (Wildman–Crippen LogP) is 7.00. The van der Waals surface area contributed by atoms with E-state index in [9.17, 15) is 4.79 Å². The number of likely N-dealkylation sites (N-methyl/N-ethyl adjacent to an activating group) is 1. The van der Waals surface area contributed by atoms with Gasteiger partial charge in [0.2, 0.25) is 5.91 Å². The van der Waals surface area contributed by atoms with Crippen molar-refractivity contribution in [2.75, 3.05) is 31.3 Å². The first-order valence-corrected chi connectivity index (χ1v) is 13.3. The largest absolute Gasteiger partial charge is 0.382 e. The van der Waals surface area contributed by atoms with E-state index in [2.05, 4.69) is 33.8 Å². The summed E-state index contributed by atoms with van der Waals surface area (Å²) in [6.45, 7) is 0.608. The van der Waals surface area contributed by atoms with Crippen molar-refractivity contribution in [1.82, 2.24) is 14.9 Å². The summed E-state index contributed by atoms with van der Waals surface area (Å²) in [5, 5.41) is 8.49. The van der Waals surface area contributed by atoms with Gasteiger partial charge in [0.15, 0.2) is 0 Å². The van der Waals surface area contributed by atoms with Crippen molar-refractivity contribution in [3.8, 4) is 11.3 Å². The van der Waals surface area contributed by atoms with Crippen molar-refractivity contribution in [2.24, 2.45) is 5.73 Å². The van der Waals surface area contributed by atoms with Gasteiger partial charge in [0.25, 0.3) is 0 Å². The molecule has 5 aromatic rings. The predicted molar refractivity (Wildman–Crippen MR) is 165 cm³/mol. The fourth-order valence-electron chi connectivity index (χ4n) is 4.73. The van der Waals surface area contributed by atoms with Crippen molar-refractivity contribution in [2.45, 2.75) is 6.04 Å². The zero-order chi connectivity index (χ0) is 28.1. The Morgan fingerprint density at radius 2 is 1.80 bits per heavy atom. The normalized spacial score (nSPS) is 12.2. The van der Waals surface area contributed by atoms with Gasteiger partial charge in [-0.2, -0.15) is 0 Å². The standard InChI is InChI=1S/C32H31ClN6O/c1-39(2)29(24-12-3-4-13-25(24)32(34)40)15-8-18-35-21-9-7-10-22(19-21)37-30-17-16-27(33)31(38-30)26-20-36-28-14-6-5-11-23(26)28/h3-17,19-20,29,35-36H,18H2,1-2H3,(H2,34,40)(H,37,38)/b15-8+. The number of hydrogen-bond acceptors (Lipinski definition) is 5. The van der Waals surface area contributed by atoms with Crippen molar-refractivity contribution < 1.29 is 4.79 Å². The molecule has 3 aromatic carbocycles. The zero-order valence-electron chi connectivity index (χ0n) is 22.4. The van der Waals surface area contributed by atoms with Crippen molar-refractivity contribution in [3.63, 3.8) is 0 Å². The molecule has 202 valence electrons. The number of anilines is 3. The maximum Gasteiger partial charge on any atom is 0.249 e. The number of aromatic nitrogens is 2. The summed E-state index contributed by atoms with van der Waals surface area (Å²) in [6.07, 6.45) is 6.06. The minimum atomic E-state index is -0.429. The molecule has 2 heterocycles. The number of benzene rings is 3. The van der Waals surface area contributed by atoms with E-state index in [0.717, 1.165) is 39.1 Å². The lowest BCUT2D eigenvalue weighted by atomic mass is 9.98. The van der Waals surface area contributed by atoms with Crippen LogP contribution in [0, 0.1) is 0 Å². The van der Waals surface area contributed by atoms with Crippen LogP contribution in [0.4, 0.5) is 17.2 Å². The minimum Gasteiger partial charge on any atom is -0.382 e. The summed E-state index contributed by atoms with van der Waals surface area (Å²) in [4.78, 5) is 22.1. The molecular formula is C32H31ClN6O. The third kappa shape index (κ3) is 6.01. The molecule has 2 aromatic heterocycles.